The van der Waals surface area contributed by atoms with E-state index in [9.17, 15) is 0 Å². The van der Waals surface area contributed by atoms with Crippen LogP contribution in [0.1, 0.15) is 5.56 Å². The molecule has 0 aliphatic heterocycles. The molecule has 0 fully saturated rings. The summed E-state index contributed by atoms with van der Waals surface area (Å²) in [5.41, 5.74) is 1.97. The number of hydrogen-bond acceptors (Lipinski definition) is 2. The number of halogens is 1. The van der Waals surface area contributed by atoms with E-state index < -0.39 is 0 Å². The van der Waals surface area contributed by atoms with Crippen LogP contribution in [0.5, 0.6) is 0 Å². The second-order valence-electron chi connectivity index (χ2n) is 3.00. The van der Waals surface area contributed by atoms with Crippen molar-refractivity contribution >= 4 is 23.8 Å². The van der Waals surface area contributed by atoms with Crippen molar-refractivity contribution in [3.63, 3.8) is 0 Å². The number of aromatic amines is 2. The van der Waals surface area contributed by atoms with Crippen molar-refractivity contribution < 1.29 is 0 Å². The van der Waals surface area contributed by atoms with Gasteiger partial charge >= 0.3 is 0 Å². The van der Waals surface area contributed by atoms with Crippen LogP contribution in [-0.4, -0.2) is 15.2 Å². The molecule has 3 nitrogen and oxygen atoms in total. The number of rotatable bonds is 1. The van der Waals surface area contributed by atoms with E-state index in [2.05, 4.69) is 15.2 Å². The summed E-state index contributed by atoms with van der Waals surface area (Å²) in [6.07, 6.45) is 0. The lowest BCUT2D eigenvalue weighted by Gasteiger charge is -2.00. The topological polar surface area (TPSA) is 44.5 Å². The SMILES string of the molecule is Cc1ccc(-c2nc(=S)[nH][nH]2)c(Cl)c1. The molecule has 0 spiro atoms. The fraction of sp³-hybridized carbons (Fsp3) is 0.111. The number of nitrogens with zero attached hydrogens (tertiary/aromatic N) is 1. The first-order valence-electron chi connectivity index (χ1n) is 4.08. The van der Waals surface area contributed by atoms with Gasteiger partial charge < -0.3 is 0 Å². The van der Waals surface area contributed by atoms with E-state index in [-0.39, 0.29) is 0 Å². The van der Waals surface area contributed by atoms with Gasteiger partial charge in [0.25, 0.3) is 0 Å². The van der Waals surface area contributed by atoms with Gasteiger partial charge in [-0.1, -0.05) is 17.7 Å². The molecule has 2 N–H and O–H groups in total. The van der Waals surface area contributed by atoms with Gasteiger partial charge in [0.1, 0.15) is 0 Å². The van der Waals surface area contributed by atoms with Gasteiger partial charge in [0.05, 0.1) is 5.02 Å². The lowest BCUT2D eigenvalue weighted by atomic mass is 10.1. The van der Waals surface area contributed by atoms with E-state index in [1.165, 1.54) is 0 Å². The van der Waals surface area contributed by atoms with E-state index in [1.807, 2.05) is 25.1 Å². The van der Waals surface area contributed by atoms with E-state index >= 15 is 0 Å². The molecule has 5 heteroatoms. The molecule has 0 unspecified atom stereocenters. The zero-order valence-electron chi connectivity index (χ0n) is 7.47. The predicted octanol–water partition coefficient (Wildman–Crippen LogP) is 3.10. The van der Waals surface area contributed by atoms with Crippen LogP contribution in [0.4, 0.5) is 0 Å². The largest absolute Gasteiger partial charge is 0.282 e. The Labute approximate surface area is 91.1 Å². The van der Waals surface area contributed by atoms with Crippen molar-refractivity contribution in [3.8, 4) is 11.4 Å². The maximum atomic E-state index is 6.07. The number of nitrogens with one attached hydrogen (secondary N) is 2. The number of aromatic nitrogens is 3. The minimum atomic E-state index is 0.427. The van der Waals surface area contributed by atoms with Gasteiger partial charge in [0, 0.05) is 5.56 Å². The summed E-state index contributed by atoms with van der Waals surface area (Å²) in [4.78, 5) is 4.09. The van der Waals surface area contributed by atoms with Gasteiger partial charge in [0.2, 0.25) is 4.77 Å². The van der Waals surface area contributed by atoms with Gasteiger partial charge in [-0.3, -0.25) is 10.2 Å². The van der Waals surface area contributed by atoms with Crippen molar-refractivity contribution in [2.75, 3.05) is 0 Å². The van der Waals surface area contributed by atoms with Gasteiger partial charge in [-0.05, 0) is 36.8 Å². The highest BCUT2D eigenvalue weighted by Gasteiger charge is 2.05. The molecule has 0 saturated heterocycles. The Balaban J connectivity index is 2.57. The Kier molecular flexibility index (Phi) is 2.39. The van der Waals surface area contributed by atoms with Gasteiger partial charge in [0.15, 0.2) is 5.82 Å². The molecule has 0 aliphatic rings. The molecule has 2 rings (SSSR count). The molecule has 2 aromatic rings. The second kappa shape index (κ2) is 3.55. The Bertz CT molecular complexity index is 515. The van der Waals surface area contributed by atoms with Crippen LogP contribution in [-0.2, 0) is 0 Å². The van der Waals surface area contributed by atoms with Crippen LogP contribution in [0, 0.1) is 11.7 Å². The summed E-state index contributed by atoms with van der Waals surface area (Å²) < 4.78 is 0.427. The van der Waals surface area contributed by atoms with Crippen molar-refractivity contribution in [2.45, 2.75) is 6.92 Å². The van der Waals surface area contributed by atoms with Crippen molar-refractivity contribution in [2.24, 2.45) is 0 Å². The summed E-state index contributed by atoms with van der Waals surface area (Å²) in [6, 6.07) is 5.79. The van der Waals surface area contributed by atoms with Crippen LogP contribution in [0.2, 0.25) is 5.02 Å². The smallest absolute Gasteiger partial charge is 0.213 e. The molecule has 0 atom stereocenters. The van der Waals surface area contributed by atoms with Crippen LogP contribution in [0.25, 0.3) is 11.4 Å². The van der Waals surface area contributed by atoms with Crippen LogP contribution < -0.4 is 0 Å². The number of benzene rings is 1. The van der Waals surface area contributed by atoms with E-state index in [1.54, 1.807) is 0 Å². The summed E-state index contributed by atoms with van der Waals surface area (Å²) >= 11 is 10.9. The molecule has 72 valence electrons. The Morgan fingerprint density at radius 1 is 1.36 bits per heavy atom. The third kappa shape index (κ3) is 1.71. The fourth-order valence-corrected chi connectivity index (χ4v) is 1.68. The number of hydrogen-bond donors (Lipinski definition) is 2. The zero-order valence-corrected chi connectivity index (χ0v) is 9.04. The fourth-order valence-electron chi connectivity index (χ4n) is 1.21. The van der Waals surface area contributed by atoms with Crippen molar-refractivity contribution in [1.82, 2.24) is 15.2 Å². The standard InChI is InChI=1S/C9H8ClN3S/c1-5-2-3-6(7(10)4-5)8-11-9(14)13-12-8/h2-4H,1H3,(H2,11,12,13,14). The summed E-state index contributed by atoms with van der Waals surface area (Å²) in [5, 5.41) is 6.26. The maximum absolute atomic E-state index is 6.07. The molecule has 1 aromatic carbocycles. The molecule has 0 bridgehead atoms. The third-order valence-electron chi connectivity index (χ3n) is 1.88. The predicted molar refractivity (Wildman–Crippen MR) is 59.0 cm³/mol. The third-order valence-corrected chi connectivity index (χ3v) is 2.39. The zero-order chi connectivity index (χ0) is 10.1. The molecule has 1 heterocycles. The first kappa shape index (κ1) is 9.43. The Morgan fingerprint density at radius 3 is 2.71 bits per heavy atom. The summed E-state index contributed by atoms with van der Waals surface area (Å²) in [5.74, 6) is 0.667. The first-order valence-corrected chi connectivity index (χ1v) is 4.86. The summed E-state index contributed by atoms with van der Waals surface area (Å²) in [6.45, 7) is 1.99. The number of H-pyrrole nitrogens is 2. The highest BCUT2D eigenvalue weighted by Crippen LogP contribution is 2.25. The van der Waals surface area contributed by atoms with Crippen molar-refractivity contribution in [3.05, 3.63) is 33.6 Å². The highest BCUT2D eigenvalue weighted by molar-refractivity contribution is 7.71. The van der Waals surface area contributed by atoms with Gasteiger partial charge in [-0.25, -0.2) is 0 Å². The van der Waals surface area contributed by atoms with Crippen LogP contribution >= 0.6 is 23.8 Å². The van der Waals surface area contributed by atoms with E-state index in [0.29, 0.717) is 15.6 Å². The molecule has 1 aromatic heterocycles. The first-order chi connectivity index (χ1) is 6.66. The maximum Gasteiger partial charge on any atom is 0.213 e. The van der Waals surface area contributed by atoms with Crippen molar-refractivity contribution in [1.29, 1.82) is 0 Å². The normalized spacial score (nSPS) is 10.4. The quantitative estimate of drug-likeness (QED) is 0.733. The van der Waals surface area contributed by atoms with E-state index in [4.69, 9.17) is 23.8 Å². The average Bonchev–Trinajstić information content (AvgIpc) is 2.51. The Hall–Kier alpha value is -1.13. The van der Waals surface area contributed by atoms with Crippen LogP contribution in [0.15, 0.2) is 18.2 Å². The minimum Gasteiger partial charge on any atom is -0.282 e. The highest BCUT2D eigenvalue weighted by atomic mass is 35.5. The molecule has 0 saturated carbocycles. The summed E-state index contributed by atoms with van der Waals surface area (Å²) in [7, 11) is 0. The molecule has 0 aliphatic carbocycles. The van der Waals surface area contributed by atoms with Crippen LogP contribution in [0.3, 0.4) is 0 Å². The lowest BCUT2D eigenvalue weighted by molar-refractivity contribution is 1.08. The molecular formula is C9H8ClN3S. The average molecular weight is 226 g/mol. The minimum absolute atomic E-state index is 0.427. The second-order valence-corrected chi connectivity index (χ2v) is 3.79. The Morgan fingerprint density at radius 2 is 2.14 bits per heavy atom. The lowest BCUT2D eigenvalue weighted by Crippen LogP contribution is -1.83. The number of aryl methyl sites for hydroxylation is 1. The monoisotopic (exact) mass is 225 g/mol. The van der Waals surface area contributed by atoms with E-state index in [0.717, 1.165) is 11.1 Å². The molecule has 0 amide bonds. The molecule has 0 radical (unpaired) electrons. The van der Waals surface area contributed by atoms with Gasteiger partial charge in [-0.2, -0.15) is 4.98 Å². The molecular weight excluding hydrogens is 218 g/mol. The van der Waals surface area contributed by atoms with Gasteiger partial charge in [-0.15, -0.1) is 0 Å². The molecule has 14 heavy (non-hydrogen) atoms.